The molecule has 0 aliphatic carbocycles. The van der Waals surface area contributed by atoms with Crippen molar-refractivity contribution < 1.29 is 14.4 Å². The van der Waals surface area contributed by atoms with Crippen LogP contribution in [-0.4, -0.2) is 35.6 Å². The fourth-order valence-corrected chi connectivity index (χ4v) is 2.40. The monoisotopic (exact) mass is 356 g/mol. The van der Waals surface area contributed by atoms with Gasteiger partial charge in [-0.15, -0.1) is 0 Å². The Morgan fingerprint density at radius 2 is 1.69 bits per heavy atom. The smallest absolute Gasteiger partial charge is 0.217 e. The number of ether oxygens (including phenoxy) is 1. The molecule has 2 aromatic rings. The third-order valence-electron chi connectivity index (χ3n) is 3.68. The van der Waals surface area contributed by atoms with E-state index in [0.717, 1.165) is 29.0 Å². The van der Waals surface area contributed by atoms with Crippen LogP contribution in [-0.2, 0) is 22.7 Å². The zero-order chi connectivity index (χ0) is 18.9. The number of aryl methyl sites for hydroxylation is 1. The summed E-state index contributed by atoms with van der Waals surface area (Å²) < 4.78 is 5.93. The van der Waals surface area contributed by atoms with Gasteiger partial charge in [0.05, 0.1) is 5.71 Å². The number of oxime groups is 2. The number of nitrogens with zero attached hydrogens (tertiary/aromatic N) is 4. The largest absolute Gasteiger partial charge is 0.473 e. The molecule has 1 aromatic heterocycles. The van der Waals surface area contributed by atoms with Crippen LogP contribution in [0.5, 0.6) is 5.88 Å². The molecule has 7 heteroatoms. The van der Waals surface area contributed by atoms with E-state index >= 15 is 0 Å². The standard InChI is InChI=1S/C19H24N4O3/c1-6-16-11-18(21-19(20-16)14(3)23-25-5)26-12-15-9-7-8-10-17(15)13(2)22-24-4/h7-11H,6,12H2,1-5H3. The van der Waals surface area contributed by atoms with Crippen LogP contribution < -0.4 is 4.74 Å². The van der Waals surface area contributed by atoms with Gasteiger partial charge in [0.1, 0.15) is 26.5 Å². The number of hydrogen-bond donors (Lipinski definition) is 0. The quantitative estimate of drug-likeness (QED) is 0.535. The highest BCUT2D eigenvalue weighted by molar-refractivity contribution is 5.99. The van der Waals surface area contributed by atoms with Crippen LogP contribution in [0.1, 0.15) is 43.4 Å². The summed E-state index contributed by atoms with van der Waals surface area (Å²) in [5.41, 5.74) is 4.22. The first kappa shape index (κ1) is 19.4. The van der Waals surface area contributed by atoms with E-state index in [4.69, 9.17) is 14.4 Å². The maximum Gasteiger partial charge on any atom is 0.217 e. The van der Waals surface area contributed by atoms with Crippen molar-refractivity contribution >= 4 is 11.4 Å². The molecule has 0 aliphatic rings. The first-order valence-electron chi connectivity index (χ1n) is 8.33. The third kappa shape index (κ3) is 5.02. The molecule has 7 nitrogen and oxygen atoms in total. The number of rotatable bonds is 8. The SMILES string of the molecule is CCc1cc(OCc2ccccc2C(C)=NOC)nc(C(C)=NOC)n1. The lowest BCUT2D eigenvalue weighted by molar-refractivity contribution is 0.213. The minimum absolute atomic E-state index is 0.354. The maximum absolute atomic E-state index is 5.93. The minimum atomic E-state index is 0.354. The number of benzene rings is 1. The molecule has 1 heterocycles. The van der Waals surface area contributed by atoms with Gasteiger partial charge in [0, 0.05) is 17.3 Å². The van der Waals surface area contributed by atoms with Gasteiger partial charge in [-0.1, -0.05) is 41.5 Å². The van der Waals surface area contributed by atoms with Crippen molar-refractivity contribution in [1.29, 1.82) is 0 Å². The average molecular weight is 356 g/mol. The summed E-state index contributed by atoms with van der Waals surface area (Å²) >= 11 is 0. The van der Waals surface area contributed by atoms with Crippen LogP contribution >= 0.6 is 0 Å². The van der Waals surface area contributed by atoms with E-state index in [1.807, 2.05) is 44.2 Å². The zero-order valence-corrected chi connectivity index (χ0v) is 15.8. The van der Waals surface area contributed by atoms with Gasteiger partial charge in [-0.25, -0.2) is 4.98 Å². The van der Waals surface area contributed by atoms with Gasteiger partial charge in [-0.05, 0) is 25.8 Å². The Morgan fingerprint density at radius 1 is 1.00 bits per heavy atom. The minimum Gasteiger partial charge on any atom is -0.473 e. The molecule has 0 radical (unpaired) electrons. The van der Waals surface area contributed by atoms with Crippen molar-refractivity contribution in [2.24, 2.45) is 10.3 Å². The van der Waals surface area contributed by atoms with Crippen LogP contribution in [0.15, 0.2) is 40.6 Å². The molecule has 2 rings (SSSR count). The van der Waals surface area contributed by atoms with Gasteiger partial charge < -0.3 is 14.4 Å². The summed E-state index contributed by atoms with van der Waals surface area (Å²) in [6, 6.07) is 9.72. The first-order valence-corrected chi connectivity index (χ1v) is 8.33. The Labute approximate surface area is 153 Å². The molecular formula is C19H24N4O3. The Hall–Kier alpha value is -2.96. The van der Waals surface area contributed by atoms with Crippen molar-refractivity contribution in [2.45, 2.75) is 33.8 Å². The van der Waals surface area contributed by atoms with E-state index in [1.165, 1.54) is 14.2 Å². The summed E-state index contributed by atoms with van der Waals surface area (Å²) in [6.07, 6.45) is 0.766. The summed E-state index contributed by atoms with van der Waals surface area (Å²) in [5, 5.41) is 7.90. The van der Waals surface area contributed by atoms with Gasteiger partial charge in [0.25, 0.3) is 0 Å². The second-order valence-corrected chi connectivity index (χ2v) is 5.54. The molecule has 0 unspecified atom stereocenters. The molecule has 26 heavy (non-hydrogen) atoms. The van der Waals surface area contributed by atoms with Gasteiger partial charge in [-0.2, -0.15) is 4.98 Å². The molecular weight excluding hydrogens is 332 g/mol. The van der Waals surface area contributed by atoms with E-state index in [1.54, 1.807) is 6.92 Å². The van der Waals surface area contributed by atoms with E-state index in [9.17, 15) is 0 Å². The second kappa shape index (κ2) is 9.50. The predicted octanol–water partition coefficient (Wildman–Crippen LogP) is 3.36. The lowest BCUT2D eigenvalue weighted by atomic mass is 10.0. The highest BCUT2D eigenvalue weighted by Gasteiger charge is 2.10. The third-order valence-corrected chi connectivity index (χ3v) is 3.68. The van der Waals surface area contributed by atoms with E-state index in [0.29, 0.717) is 24.0 Å². The van der Waals surface area contributed by atoms with E-state index in [2.05, 4.69) is 20.3 Å². The van der Waals surface area contributed by atoms with Gasteiger partial charge in [-0.3, -0.25) is 0 Å². The first-order chi connectivity index (χ1) is 12.6. The van der Waals surface area contributed by atoms with Gasteiger partial charge >= 0.3 is 0 Å². The van der Waals surface area contributed by atoms with Crippen molar-refractivity contribution in [3.05, 3.63) is 53.0 Å². The topological polar surface area (TPSA) is 78.2 Å². The molecule has 0 spiro atoms. The van der Waals surface area contributed by atoms with Crippen molar-refractivity contribution in [3.63, 3.8) is 0 Å². The summed E-state index contributed by atoms with van der Waals surface area (Å²) in [4.78, 5) is 18.6. The fraction of sp³-hybridized carbons (Fsp3) is 0.368. The predicted molar refractivity (Wildman–Crippen MR) is 101 cm³/mol. The Morgan fingerprint density at radius 3 is 2.38 bits per heavy atom. The summed E-state index contributed by atoms with van der Waals surface area (Å²) in [6.45, 7) is 6.07. The van der Waals surface area contributed by atoms with Crippen molar-refractivity contribution in [2.75, 3.05) is 14.2 Å². The number of aromatic nitrogens is 2. The molecule has 0 aliphatic heterocycles. The van der Waals surface area contributed by atoms with Gasteiger partial charge in [0.15, 0.2) is 5.82 Å². The van der Waals surface area contributed by atoms with Crippen LogP contribution in [0.4, 0.5) is 0 Å². The highest BCUT2D eigenvalue weighted by atomic mass is 16.6. The maximum atomic E-state index is 5.93. The van der Waals surface area contributed by atoms with Crippen LogP contribution in [0, 0.1) is 0 Å². The molecule has 1 aromatic carbocycles. The lowest BCUT2D eigenvalue weighted by Crippen LogP contribution is -2.09. The van der Waals surface area contributed by atoms with Crippen LogP contribution in [0.3, 0.4) is 0 Å². The normalized spacial score (nSPS) is 12.0. The molecule has 0 atom stereocenters. The molecule has 0 N–H and O–H groups in total. The summed E-state index contributed by atoms with van der Waals surface area (Å²) in [7, 11) is 3.02. The van der Waals surface area contributed by atoms with Gasteiger partial charge in [0.2, 0.25) is 5.88 Å². The number of hydrogen-bond acceptors (Lipinski definition) is 7. The molecule has 0 saturated carbocycles. The Kier molecular flexibility index (Phi) is 7.08. The van der Waals surface area contributed by atoms with Crippen LogP contribution in [0.2, 0.25) is 0 Å². The molecule has 0 saturated heterocycles. The Bertz CT molecular complexity index is 803. The molecule has 138 valence electrons. The van der Waals surface area contributed by atoms with E-state index in [-0.39, 0.29) is 0 Å². The lowest BCUT2D eigenvalue weighted by Gasteiger charge is -2.11. The van der Waals surface area contributed by atoms with Crippen molar-refractivity contribution in [1.82, 2.24) is 9.97 Å². The van der Waals surface area contributed by atoms with Crippen LogP contribution in [0.25, 0.3) is 0 Å². The summed E-state index contributed by atoms with van der Waals surface area (Å²) in [5.74, 6) is 0.986. The van der Waals surface area contributed by atoms with Crippen molar-refractivity contribution in [3.8, 4) is 5.88 Å². The second-order valence-electron chi connectivity index (χ2n) is 5.54. The average Bonchev–Trinajstić information content (AvgIpc) is 2.66. The molecule has 0 amide bonds. The Balaban J connectivity index is 2.26. The molecule has 0 bridgehead atoms. The van der Waals surface area contributed by atoms with E-state index < -0.39 is 0 Å². The molecule has 0 fully saturated rings. The zero-order valence-electron chi connectivity index (χ0n) is 15.8. The fourth-order valence-electron chi connectivity index (χ4n) is 2.40. The highest BCUT2D eigenvalue weighted by Crippen LogP contribution is 2.16.